The molecule has 0 N–H and O–H groups in total. The summed E-state index contributed by atoms with van der Waals surface area (Å²) >= 11 is 6.00. The number of ether oxygens (including phenoxy) is 1. The lowest BCUT2D eigenvalue weighted by atomic mass is 10.0. The first-order valence-corrected chi connectivity index (χ1v) is 13.8. The fourth-order valence-electron chi connectivity index (χ4n) is 4.73. The summed E-state index contributed by atoms with van der Waals surface area (Å²) in [7, 11) is 0. The van der Waals surface area contributed by atoms with Crippen molar-refractivity contribution < 1.29 is 9.53 Å². The van der Waals surface area contributed by atoms with Gasteiger partial charge in [0.25, 0.3) is 5.91 Å². The number of nitrogens with zero attached hydrogens (tertiary/aromatic N) is 3. The predicted molar refractivity (Wildman–Crippen MR) is 166 cm³/mol. The maximum absolute atomic E-state index is 13.2. The van der Waals surface area contributed by atoms with E-state index in [1.165, 1.54) is 16.1 Å². The van der Waals surface area contributed by atoms with Gasteiger partial charge < -0.3 is 9.64 Å². The first-order valence-electron chi connectivity index (χ1n) is 13.4. The molecule has 0 aromatic heterocycles. The fourth-order valence-corrected chi connectivity index (χ4v) is 4.86. The van der Waals surface area contributed by atoms with Crippen molar-refractivity contribution in [3.8, 4) is 16.9 Å². The quantitative estimate of drug-likeness (QED) is 0.198. The minimum Gasteiger partial charge on any atom is -0.492 e. The van der Waals surface area contributed by atoms with Crippen LogP contribution in [0, 0.1) is 6.92 Å². The molecule has 0 radical (unpaired) electrons. The van der Waals surface area contributed by atoms with Crippen LogP contribution in [0.2, 0.25) is 5.02 Å². The number of halogens is 1. The topological polar surface area (TPSA) is 45.1 Å². The summed E-state index contributed by atoms with van der Waals surface area (Å²) in [5, 5.41) is 6.53. The third-order valence-electron chi connectivity index (χ3n) is 7.03. The molecular formula is C34H32ClN3O2. The SMILES string of the molecule is CCN(CCOc1ccc(-c2ccccc2)cc1)c1ccc(/C=C2/C(=O)N(c3ccc(Cl)cc3)N=C2C)c(C)c1. The fraction of sp³-hybridized carbons (Fsp3) is 0.176. The second kappa shape index (κ2) is 12.2. The Hall–Kier alpha value is -4.35. The lowest BCUT2D eigenvalue weighted by Crippen LogP contribution is -2.28. The number of hydrogen-bond donors (Lipinski definition) is 0. The van der Waals surface area contributed by atoms with Crippen molar-refractivity contribution in [3.63, 3.8) is 0 Å². The number of benzene rings is 4. The molecule has 0 fully saturated rings. The van der Waals surface area contributed by atoms with E-state index in [1.54, 1.807) is 24.3 Å². The van der Waals surface area contributed by atoms with Crippen molar-refractivity contribution in [3.05, 3.63) is 119 Å². The van der Waals surface area contributed by atoms with E-state index in [2.05, 4.69) is 66.3 Å². The number of carbonyl (C=O) groups excluding carboxylic acids is 1. The highest BCUT2D eigenvalue weighted by Crippen LogP contribution is 2.28. The summed E-state index contributed by atoms with van der Waals surface area (Å²) in [5.74, 6) is 0.715. The van der Waals surface area contributed by atoms with Crippen LogP contribution in [-0.4, -0.2) is 31.3 Å². The normalized spacial score (nSPS) is 14.0. The Labute approximate surface area is 241 Å². The van der Waals surface area contributed by atoms with Crippen molar-refractivity contribution in [2.45, 2.75) is 20.8 Å². The molecule has 40 heavy (non-hydrogen) atoms. The highest BCUT2D eigenvalue weighted by Gasteiger charge is 2.28. The smallest absolute Gasteiger partial charge is 0.280 e. The van der Waals surface area contributed by atoms with Gasteiger partial charge in [-0.15, -0.1) is 0 Å². The van der Waals surface area contributed by atoms with Gasteiger partial charge in [-0.2, -0.15) is 10.1 Å². The minimum atomic E-state index is -0.146. The van der Waals surface area contributed by atoms with E-state index in [-0.39, 0.29) is 5.91 Å². The highest BCUT2D eigenvalue weighted by atomic mass is 35.5. The molecule has 0 unspecified atom stereocenters. The number of anilines is 2. The zero-order valence-electron chi connectivity index (χ0n) is 23.0. The van der Waals surface area contributed by atoms with Crippen molar-refractivity contribution in [1.82, 2.24) is 0 Å². The molecule has 4 aromatic carbocycles. The van der Waals surface area contributed by atoms with Gasteiger partial charge in [-0.05, 0) is 97.6 Å². The number of hydrazone groups is 1. The summed E-state index contributed by atoms with van der Waals surface area (Å²) in [5.41, 5.74) is 7.54. The first-order chi connectivity index (χ1) is 19.4. The number of carbonyl (C=O) groups is 1. The summed E-state index contributed by atoms with van der Waals surface area (Å²) in [4.78, 5) is 15.4. The van der Waals surface area contributed by atoms with Crippen LogP contribution in [0.15, 0.2) is 108 Å². The Balaban J connectivity index is 1.22. The van der Waals surface area contributed by atoms with Crippen molar-refractivity contribution in [1.29, 1.82) is 0 Å². The van der Waals surface area contributed by atoms with Gasteiger partial charge in [0.1, 0.15) is 12.4 Å². The Kier molecular flexibility index (Phi) is 8.32. The second-order valence-corrected chi connectivity index (χ2v) is 10.1. The average molecular weight is 550 g/mol. The summed E-state index contributed by atoms with van der Waals surface area (Å²) in [6.45, 7) is 8.26. The van der Waals surface area contributed by atoms with Crippen molar-refractivity contribution in [2.24, 2.45) is 5.10 Å². The number of likely N-dealkylation sites (N-methyl/N-ethyl adjacent to an activating group) is 1. The molecule has 0 spiro atoms. The van der Waals surface area contributed by atoms with Gasteiger partial charge in [0, 0.05) is 17.3 Å². The molecule has 5 nitrogen and oxygen atoms in total. The monoisotopic (exact) mass is 549 g/mol. The maximum atomic E-state index is 13.2. The van der Waals surface area contributed by atoms with Gasteiger partial charge >= 0.3 is 0 Å². The van der Waals surface area contributed by atoms with Gasteiger partial charge in [0.15, 0.2) is 0 Å². The zero-order chi connectivity index (χ0) is 28.1. The number of rotatable bonds is 9. The van der Waals surface area contributed by atoms with E-state index >= 15 is 0 Å². The third-order valence-corrected chi connectivity index (χ3v) is 7.28. The third kappa shape index (κ3) is 6.11. The van der Waals surface area contributed by atoms with Gasteiger partial charge in [0.2, 0.25) is 0 Å². The lowest BCUT2D eigenvalue weighted by molar-refractivity contribution is -0.114. The summed E-state index contributed by atoms with van der Waals surface area (Å²) in [6, 6.07) is 32.0. The van der Waals surface area contributed by atoms with Gasteiger partial charge in [-0.1, -0.05) is 60.1 Å². The molecule has 0 atom stereocenters. The van der Waals surface area contributed by atoms with Crippen LogP contribution in [-0.2, 0) is 4.79 Å². The molecule has 1 heterocycles. The molecule has 0 bridgehead atoms. The Morgan fingerprint density at radius 2 is 1.60 bits per heavy atom. The van der Waals surface area contributed by atoms with Crippen molar-refractivity contribution >= 4 is 40.7 Å². The second-order valence-electron chi connectivity index (χ2n) is 9.70. The zero-order valence-corrected chi connectivity index (χ0v) is 23.7. The van der Waals surface area contributed by atoms with E-state index in [0.717, 1.165) is 35.7 Å². The minimum absolute atomic E-state index is 0.146. The molecule has 202 valence electrons. The number of amides is 1. The lowest BCUT2D eigenvalue weighted by Gasteiger charge is -2.24. The van der Waals surface area contributed by atoms with Gasteiger partial charge in [0.05, 0.1) is 23.5 Å². The van der Waals surface area contributed by atoms with E-state index in [1.807, 2.05) is 43.3 Å². The molecular weight excluding hydrogens is 518 g/mol. The van der Waals surface area contributed by atoms with Crippen LogP contribution >= 0.6 is 11.6 Å². The molecule has 6 heteroatoms. The van der Waals surface area contributed by atoms with Gasteiger partial charge in [-0.25, -0.2) is 0 Å². The molecule has 0 aliphatic carbocycles. The Bertz CT molecular complexity index is 1540. The number of hydrogen-bond acceptors (Lipinski definition) is 4. The van der Waals surface area contributed by atoms with Crippen LogP contribution in [0.25, 0.3) is 17.2 Å². The number of aryl methyl sites for hydroxylation is 1. The molecule has 5 rings (SSSR count). The largest absolute Gasteiger partial charge is 0.492 e. The van der Waals surface area contributed by atoms with Crippen LogP contribution < -0.4 is 14.6 Å². The highest BCUT2D eigenvalue weighted by molar-refractivity contribution is 6.32. The molecule has 1 aliphatic heterocycles. The molecule has 1 aliphatic rings. The predicted octanol–water partition coefficient (Wildman–Crippen LogP) is 8.03. The van der Waals surface area contributed by atoms with E-state index < -0.39 is 0 Å². The average Bonchev–Trinajstić information content (AvgIpc) is 3.26. The Morgan fingerprint density at radius 1 is 0.900 bits per heavy atom. The molecule has 1 amide bonds. The molecule has 4 aromatic rings. The summed E-state index contributed by atoms with van der Waals surface area (Å²) < 4.78 is 6.06. The van der Waals surface area contributed by atoms with E-state index in [9.17, 15) is 4.79 Å². The summed E-state index contributed by atoms with van der Waals surface area (Å²) in [6.07, 6.45) is 1.93. The van der Waals surface area contributed by atoms with Crippen LogP contribution in [0.1, 0.15) is 25.0 Å². The molecule has 0 saturated carbocycles. The van der Waals surface area contributed by atoms with Gasteiger partial charge in [-0.3, -0.25) is 4.79 Å². The van der Waals surface area contributed by atoms with Crippen LogP contribution in [0.4, 0.5) is 11.4 Å². The molecule has 0 saturated heterocycles. The van der Waals surface area contributed by atoms with Crippen LogP contribution in [0.3, 0.4) is 0 Å². The van der Waals surface area contributed by atoms with Crippen molar-refractivity contribution in [2.75, 3.05) is 29.6 Å². The standard InChI is InChI=1S/C34H32ClN3O2/c1-4-37(20-21-40-32-18-11-27(12-19-32)26-8-6-5-7-9-26)31-15-10-28(24(2)22-31)23-33-25(3)36-38(34(33)39)30-16-13-29(35)14-17-30/h5-19,22-23H,4,20-21H2,1-3H3/b33-23+. The van der Waals surface area contributed by atoms with E-state index in [4.69, 9.17) is 16.3 Å². The maximum Gasteiger partial charge on any atom is 0.280 e. The van der Waals surface area contributed by atoms with E-state index in [0.29, 0.717) is 28.6 Å². The first kappa shape index (κ1) is 27.2. The van der Waals surface area contributed by atoms with Crippen LogP contribution in [0.5, 0.6) is 5.75 Å². The Morgan fingerprint density at radius 3 is 2.27 bits per heavy atom.